The molecule has 7 nitrogen and oxygen atoms in total. The lowest BCUT2D eigenvalue weighted by molar-refractivity contribution is -0.114. The number of hydrogen-bond acceptors (Lipinski definition) is 5. The molecule has 0 atom stereocenters. The maximum Gasteiger partial charge on any atom is 0.270 e. The number of benzene rings is 2. The van der Waals surface area contributed by atoms with E-state index in [-0.39, 0.29) is 22.9 Å². The molecule has 0 spiro atoms. The zero-order valence-electron chi connectivity index (χ0n) is 19.0. The van der Waals surface area contributed by atoms with Gasteiger partial charge in [-0.05, 0) is 61.6 Å². The Bertz CT molecular complexity index is 1180. The number of sulfonamides is 1. The van der Waals surface area contributed by atoms with Gasteiger partial charge in [0.1, 0.15) is 12.2 Å². The van der Waals surface area contributed by atoms with Crippen molar-refractivity contribution in [1.29, 1.82) is 0 Å². The topological polar surface area (TPSA) is 92.5 Å². The highest BCUT2D eigenvalue weighted by atomic mass is 32.2. The number of carbonyl (C=O) groups excluding carboxylic acids is 1. The van der Waals surface area contributed by atoms with Crippen molar-refractivity contribution in [3.8, 4) is 0 Å². The predicted octanol–water partition coefficient (Wildman–Crippen LogP) is 4.81. The van der Waals surface area contributed by atoms with Crippen molar-refractivity contribution in [2.75, 3.05) is 16.2 Å². The van der Waals surface area contributed by atoms with Crippen molar-refractivity contribution in [3.05, 3.63) is 71.1 Å². The number of aryl methyl sites for hydroxylation is 3. The van der Waals surface area contributed by atoms with Crippen LogP contribution in [0.25, 0.3) is 0 Å². The Morgan fingerprint density at radius 1 is 1.12 bits per heavy atom. The molecule has 0 unspecified atom stereocenters. The van der Waals surface area contributed by atoms with Gasteiger partial charge in [-0.15, -0.1) is 0 Å². The number of amides is 1. The highest BCUT2D eigenvalue weighted by Gasteiger charge is 2.33. The molecule has 1 aromatic heterocycles. The van der Waals surface area contributed by atoms with Gasteiger partial charge in [0.05, 0.1) is 5.69 Å². The second-order valence-corrected chi connectivity index (χ2v) is 9.81. The van der Waals surface area contributed by atoms with Gasteiger partial charge in [-0.25, -0.2) is 8.42 Å². The lowest BCUT2D eigenvalue weighted by Gasteiger charge is -2.24. The predicted molar refractivity (Wildman–Crippen MR) is 125 cm³/mol. The van der Waals surface area contributed by atoms with E-state index in [2.05, 4.69) is 24.3 Å². The molecule has 1 N–H and O–H groups in total. The Labute approximate surface area is 189 Å². The first kappa shape index (κ1) is 23.5. The number of rotatable bonds is 8. The van der Waals surface area contributed by atoms with Crippen LogP contribution in [-0.4, -0.2) is 26.0 Å². The number of nitrogens with zero attached hydrogens (tertiary/aromatic N) is 2. The van der Waals surface area contributed by atoms with Gasteiger partial charge < -0.3 is 9.84 Å². The largest absolute Gasteiger partial charge is 0.360 e. The van der Waals surface area contributed by atoms with Crippen LogP contribution in [-0.2, 0) is 21.2 Å². The molecule has 3 rings (SSSR count). The van der Waals surface area contributed by atoms with Crippen molar-refractivity contribution < 1.29 is 17.7 Å². The average Bonchev–Trinajstić information content (AvgIpc) is 3.10. The summed E-state index contributed by atoms with van der Waals surface area (Å²) >= 11 is 0. The fraction of sp³-hybridized carbons (Fsp3) is 0.333. The molecule has 1 amide bonds. The van der Waals surface area contributed by atoms with E-state index < -0.39 is 15.9 Å². The molecule has 8 heteroatoms. The molecule has 0 aliphatic rings. The Balaban J connectivity index is 1.97. The Morgan fingerprint density at radius 3 is 2.38 bits per heavy atom. The quantitative estimate of drug-likeness (QED) is 0.526. The van der Waals surface area contributed by atoms with Crippen molar-refractivity contribution >= 4 is 27.3 Å². The maximum absolute atomic E-state index is 13.6. The van der Waals surface area contributed by atoms with Gasteiger partial charge in [-0.3, -0.25) is 9.10 Å². The van der Waals surface area contributed by atoms with E-state index in [0.29, 0.717) is 17.3 Å². The molecule has 32 heavy (non-hydrogen) atoms. The second-order valence-electron chi connectivity index (χ2n) is 8.01. The van der Waals surface area contributed by atoms with Crippen LogP contribution in [0.15, 0.2) is 57.9 Å². The molecule has 1 heterocycles. The standard InChI is InChI=1S/C24H29N3O4S/c1-6-19-8-7-9-21(14-19)25-23(28)15-27(22-12-10-20(11-13-22)16(2)3)32(29,30)24-17(4)26-31-18(24)5/h7-14,16H,6,15H2,1-5H3,(H,25,28). The molecule has 0 aliphatic heterocycles. The summed E-state index contributed by atoms with van der Waals surface area (Å²) in [5.41, 5.74) is 3.42. The van der Waals surface area contributed by atoms with Crippen molar-refractivity contribution in [2.45, 2.75) is 51.9 Å². The van der Waals surface area contributed by atoms with Gasteiger partial charge in [-0.2, -0.15) is 0 Å². The van der Waals surface area contributed by atoms with Gasteiger partial charge in [-0.1, -0.05) is 50.2 Å². The van der Waals surface area contributed by atoms with Crippen LogP contribution in [0.1, 0.15) is 49.3 Å². The van der Waals surface area contributed by atoms with E-state index in [1.54, 1.807) is 32.0 Å². The van der Waals surface area contributed by atoms with Gasteiger partial charge in [0.2, 0.25) is 5.91 Å². The molecule has 2 aromatic carbocycles. The highest BCUT2D eigenvalue weighted by molar-refractivity contribution is 7.93. The normalized spacial score (nSPS) is 11.6. The molecule has 0 aliphatic carbocycles. The average molecular weight is 456 g/mol. The van der Waals surface area contributed by atoms with Gasteiger partial charge in [0, 0.05) is 5.69 Å². The van der Waals surface area contributed by atoms with Crippen LogP contribution in [0.3, 0.4) is 0 Å². The Morgan fingerprint density at radius 2 is 1.81 bits per heavy atom. The summed E-state index contributed by atoms with van der Waals surface area (Å²) in [6.45, 7) is 8.88. The van der Waals surface area contributed by atoms with Crippen LogP contribution in [0.5, 0.6) is 0 Å². The van der Waals surface area contributed by atoms with Gasteiger partial charge in [0.25, 0.3) is 10.0 Å². The number of nitrogens with one attached hydrogen (secondary N) is 1. The minimum Gasteiger partial charge on any atom is -0.360 e. The van der Waals surface area contributed by atoms with E-state index in [1.807, 2.05) is 37.3 Å². The van der Waals surface area contributed by atoms with Gasteiger partial charge >= 0.3 is 0 Å². The summed E-state index contributed by atoms with van der Waals surface area (Å²) in [5, 5.41) is 6.59. The summed E-state index contributed by atoms with van der Waals surface area (Å²) in [6, 6.07) is 14.7. The van der Waals surface area contributed by atoms with E-state index in [9.17, 15) is 13.2 Å². The smallest absolute Gasteiger partial charge is 0.270 e. The summed E-state index contributed by atoms with van der Waals surface area (Å²) in [5.74, 6) is 0.0368. The Kier molecular flexibility index (Phi) is 7.03. The third kappa shape index (κ3) is 5.02. The van der Waals surface area contributed by atoms with Crippen molar-refractivity contribution in [3.63, 3.8) is 0 Å². The molecule has 0 saturated carbocycles. The van der Waals surface area contributed by atoms with Crippen LogP contribution in [0.2, 0.25) is 0 Å². The maximum atomic E-state index is 13.6. The SMILES string of the molecule is CCc1cccc(NC(=O)CN(c2ccc(C(C)C)cc2)S(=O)(=O)c2c(C)noc2C)c1. The van der Waals surface area contributed by atoms with E-state index >= 15 is 0 Å². The fourth-order valence-electron chi connectivity index (χ4n) is 3.49. The molecule has 170 valence electrons. The molecule has 0 fully saturated rings. The van der Waals surface area contributed by atoms with E-state index in [4.69, 9.17) is 4.52 Å². The second kappa shape index (κ2) is 9.56. The summed E-state index contributed by atoms with van der Waals surface area (Å²) in [7, 11) is -4.09. The summed E-state index contributed by atoms with van der Waals surface area (Å²) in [6.07, 6.45) is 0.832. The van der Waals surface area contributed by atoms with Crippen LogP contribution < -0.4 is 9.62 Å². The lowest BCUT2D eigenvalue weighted by atomic mass is 10.0. The molecule has 0 saturated heterocycles. The highest BCUT2D eigenvalue weighted by Crippen LogP contribution is 2.29. The van der Waals surface area contributed by atoms with E-state index in [0.717, 1.165) is 21.9 Å². The van der Waals surface area contributed by atoms with E-state index in [1.165, 1.54) is 0 Å². The van der Waals surface area contributed by atoms with Crippen LogP contribution >= 0.6 is 0 Å². The lowest BCUT2D eigenvalue weighted by Crippen LogP contribution is -2.38. The monoisotopic (exact) mass is 455 g/mol. The number of hydrogen-bond donors (Lipinski definition) is 1. The minimum absolute atomic E-state index is 0.0220. The number of aromatic nitrogens is 1. The van der Waals surface area contributed by atoms with Crippen molar-refractivity contribution in [2.24, 2.45) is 0 Å². The molecule has 0 radical (unpaired) electrons. The molecule has 0 bridgehead atoms. The first-order valence-electron chi connectivity index (χ1n) is 10.6. The zero-order chi connectivity index (χ0) is 23.5. The Hall–Kier alpha value is -3.13. The number of anilines is 2. The van der Waals surface area contributed by atoms with Gasteiger partial charge in [0.15, 0.2) is 10.7 Å². The zero-order valence-corrected chi connectivity index (χ0v) is 19.9. The fourth-order valence-corrected chi connectivity index (χ4v) is 5.21. The first-order chi connectivity index (χ1) is 15.1. The molecular formula is C24H29N3O4S. The number of carbonyl (C=O) groups is 1. The summed E-state index contributed by atoms with van der Waals surface area (Å²) in [4.78, 5) is 12.9. The third-order valence-corrected chi connectivity index (χ3v) is 7.29. The van der Waals surface area contributed by atoms with Crippen LogP contribution in [0.4, 0.5) is 11.4 Å². The molecule has 3 aromatic rings. The molecular weight excluding hydrogens is 426 g/mol. The summed E-state index contributed by atoms with van der Waals surface area (Å²) < 4.78 is 33.4. The van der Waals surface area contributed by atoms with Crippen LogP contribution in [0, 0.1) is 13.8 Å². The first-order valence-corrected chi connectivity index (χ1v) is 12.0. The minimum atomic E-state index is -4.09. The van der Waals surface area contributed by atoms with Crippen molar-refractivity contribution in [1.82, 2.24) is 5.16 Å². The third-order valence-electron chi connectivity index (χ3n) is 5.27.